The minimum Gasteiger partial charge on any atom is -0.486 e. The average Bonchev–Trinajstić information content (AvgIpc) is 2.64. The lowest BCUT2D eigenvalue weighted by Crippen LogP contribution is -2.47. The molecular formula is C19H29FN4O2. The molecule has 3 N–H and O–H groups in total. The second-order valence-electron chi connectivity index (χ2n) is 6.57. The third-order valence-electron chi connectivity index (χ3n) is 4.33. The number of carbonyl (C=O) groups is 1. The third kappa shape index (κ3) is 6.90. The fourth-order valence-electron chi connectivity index (χ4n) is 2.95. The van der Waals surface area contributed by atoms with Crippen LogP contribution in [-0.2, 0) is 4.79 Å². The van der Waals surface area contributed by atoms with Crippen LogP contribution in [0.4, 0.5) is 4.39 Å². The summed E-state index contributed by atoms with van der Waals surface area (Å²) in [6.07, 6.45) is 5.48. The summed E-state index contributed by atoms with van der Waals surface area (Å²) in [4.78, 5) is 16.1. The highest BCUT2D eigenvalue weighted by atomic mass is 19.1. The van der Waals surface area contributed by atoms with Gasteiger partial charge in [-0.3, -0.25) is 9.79 Å². The number of nitrogens with one attached hydrogen (secondary N) is 3. The number of amides is 1. The van der Waals surface area contributed by atoms with Crippen molar-refractivity contribution in [1.29, 1.82) is 0 Å². The summed E-state index contributed by atoms with van der Waals surface area (Å²) >= 11 is 0. The van der Waals surface area contributed by atoms with E-state index in [1.54, 1.807) is 25.2 Å². The summed E-state index contributed by atoms with van der Waals surface area (Å²) in [7, 11) is 1.64. The molecule has 1 saturated carbocycles. The van der Waals surface area contributed by atoms with E-state index in [0.717, 1.165) is 12.8 Å². The van der Waals surface area contributed by atoms with E-state index in [2.05, 4.69) is 20.9 Å². The summed E-state index contributed by atoms with van der Waals surface area (Å²) in [6.45, 7) is 2.43. The van der Waals surface area contributed by atoms with E-state index in [4.69, 9.17) is 4.74 Å². The molecule has 144 valence electrons. The Labute approximate surface area is 154 Å². The Kier molecular flexibility index (Phi) is 8.18. The predicted molar refractivity (Wildman–Crippen MR) is 101 cm³/mol. The predicted octanol–water partition coefficient (Wildman–Crippen LogP) is 2.21. The van der Waals surface area contributed by atoms with Crippen LogP contribution in [0.2, 0.25) is 0 Å². The number of hydrogen-bond acceptors (Lipinski definition) is 3. The topological polar surface area (TPSA) is 74.8 Å². The highest BCUT2D eigenvalue weighted by Gasteiger charge is 2.16. The Balaban J connectivity index is 1.68. The van der Waals surface area contributed by atoms with Gasteiger partial charge in [-0.15, -0.1) is 0 Å². The molecule has 1 aromatic carbocycles. The zero-order valence-corrected chi connectivity index (χ0v) is 15.6. The third-order valence-corrected chi connectivity index (χ3v) is 4.33. The van der Waals surface area contributed by atoms with E-state index in [-0.39, 0.29) is 30.1 Å². The van der Waals surface area contributed by atoms with E-state index in [1.165, 1.54) is 25.3 Å². The maximum Gasteiger partial charge on any atom is 0.239 e. The van der Waals surface area contributed by atoms with Gasteiger partial charge in [0, 0.05) is 13.1 Å². The number of hydrogen-bond donors (Lipinski definition) is 3. The van der Waals surface area contributed by atoms with E-state index in [0.29, 0.717) is 18.5 Å². The molecule has 0 saturated heterocycles. The second-order valence-corrected chi connectivity index (χ2v) is 6.57. The number of carbonyl (C=O) groups excluding carboxylic acids is 1. The number of nitrogens with zero attached hydrogens (tertiary/aromatic N) is 1. The average molecular weight is 364 g/mol. The first kappa shape index (κ1) is 20.0. The minimum absolute atomic E-state index is 0.0319. The van der Waals surface area contributed by atoms with Crippen LogP contribution in [-0.4, -0.2) is 44.1 Å². The molecule has 0 aliphatic heterocycles. The van der Waals surface area contributed by atoms with Gasteiger partial charge in [-0.2, -0.15) is 0 Å². The van der Waals surface area contributed by atoms with Crippen molar-refractivity contribution >= 4 is 11.9 Å². The number of ether oxygens (including phenoxy) is 1. The molecule has 0 bridgehead atoms. The normalized spacial score (nSPS) is 16.7. The van der Waals surface area contributed by atoms with Crippen LogP contribution >= 0.6 is 0 Å². The lowest BCUT2D eigenvalue weighted by molar-refractivity contribution is -0.120. The molecule has 0 aromatic heterocycles. The van der Waals surface area contributed by atoms with Gasteiger partial charge in [0.15, 0.2) is 17.5 Å². The van der Waals surface area contributed by atoms with Gasteiger partial charge in [0.05, 0.1) is 13.1 Å². The van der Waals surface area contributed by atoms with Crippen molar-refractivity contribution in [1.82, 2.24) is 16.0 Å². The standard InChI is InChI=1S/C19H29FN4O2/c1-14(26-17-11-7-6-10-16(17)20)12-22-19(21-2)23-13-18(25)24-15-8-4-3-5-9-15/h6-7,10-11,14-15H,3-5,8-9,12-13H2,1-2H3,(H,24,25)(H2,21,22,23). The molecule has 0 spiro atoms. The second kappa shape index (κ2) is 10.6. The van der Waals surface area contributed by atoms with Crippen LogP contribution in [0, 0.1) is 5.82 Å². The van der Waals surface area contributed by atoms with Gasteiger partial charge in [0.1, 0.15) is 6.10 Å². The SMILES string of the molecule is CN=C(NCC(=O)NC1CCCCC1)NCC(C)Oc1ccccc1F. The molecule has 1 aliphatic carbocycles. The van der Waals surface area contributed by atoms with Crippen LogP contribution in [0.15, 0.2) is 29.3 Å². The van der Waals surface area contributed by atoms with Gasteiger partial charge in [-0.25, -0.2) is 4.39 Å². The van der Waals surface area contributed by atoms with Crippen LogP contribution in [0.1, 0.15) is 39.0 Å². The maximum atomic E-state index is 13.6. The molecule has 7 heteroatoms. The Morgan fingerprint density at radius 2 is 2.00 bits per heavy atom. The lowest BCUT2D eigenvalue weighted by Gasteiger charge is -2.23. The smallest absolute Gasteiger partial charge is 0.239 e. The van der Waals surface area contributed by atoms with Gasteiger partial charge in [0.2, 0.25) is 5.91 Å². The van der Waals surface area contributed by atoms with Crippen molar-refractivity contribution in [3.05, 3.63) is 30.1 Å². The Morgan fingerprint density at radius 1 is 1.27 bits per heavy atom. The monoisotopic (exact) mass is 364 g/mol. The fourth-order valence-corrected chi connectivity index (χ4v) is 2.95. The molecule has 1 unspecified atom stereocenters. The van der Waals surface area contributed by atoms with Crippen molar-refractivity contribution in [2.45, 2.75) is 51.2 Å². The number of aliphatic imine (C=N–C) groups is 1. The molecule has 26 heavy (non-hydrogen) atoms. The zero-order chi connectivity index (χ0) is 18.8. The molecule has 1 amide bonds. The zero-order valence-electron chi connectivity index (χ0n) is 15.6. The van der Waals surface area contributed by atoms with Crippen LogP contribution in [0.3, 0.4) is 0 Å². The van der Waals surface area contributed by atoms with Crippen molar-refractivity contribution in [3.8, 4) is 5.75 Å². The van der Waals surface area contributed by atoms with Crippen molar-refractivity contribution < 1.29 is 13.9 Å². The molecule has 0 heterocycles. The summed E-state index contributed by atoms with van der Waals surface area (Å²) in [5, 5.41) is 9.12. The van der Waals surface area contributed by atoms with Crippen molar-refractivity contribution in [3.63, 3.8) is 0 Å². The fraction of sp³-hybridized carbons (Fsp3) is 0.579. The summed E-state index contributed by atoms with van der Waals surface area (Å²) in [6, 6.07) is 6.59. The van der Waals surface area contributed by atoms with Crippen molar-refractivity contribution in [2.24, 2.45) is 4.99 Å². The summed E-state index contributed by atoms with van der Waals surface area (Å²) in [5.74, 6) is 0.307. The van der Waals surface area contributed by atoms with Gasteiger partial charge >= 0.3 is 0 Å². The Bertz CT molecular complexity index is 603. The van der Waals surface area contributed by atoms with Gasteiger partial charge in [-0.1, -0.05) is 31.4 Å². The maximum absolute atomic E-state index is 13.6. The number of halogens is 1. The van der Waals surface area contributed by atoms with E-state index in [9.17, 15) is 9.18 Å². The first-order chi connectivity index (χ1) is 12.6. The molecule has 2 rings (SSSR count). The largest absolute Gasteiger partial charge is 0.486 e. The van der Waals surface area contributed by atoms with Gasteiger partial charge < -0.3 is 20.7 Å². The molecule has 1 atom stereocenters. The summed E-state index contributed by atoms with van der Waals surface area (Å²) < 4.78 is 19.2. The van der Waals surface area contributed by atoms with Gasteiger partial charge in [-0.05, 0) is 31.9 Å². The summed E-state index contributed by atoms with van der Waals surface area (Å²) in [5.41, 5.74) is 0. The lowest BCUT2D eigenvalue weighted by atomic mass is 9.95. The van der Waals surface area contributed by atoms with Crippen LogP contribution in [0.25, 0.3) is 0 Å². The Morgan fingerprint density at radius 3 is 2.69 bits per heavy atom. The molecule has 1 aromatic rings. The molecule has 0 radical (unpaired) electrons. The van der Waals surface area contributed by atoms with E-state index in [1.807, 2.05) is 6.92 Å². The number of rotatable bonds is 7. The van der Waals surface area contributed by atoms with E-state index < -0.39 is 0 Å². The van der Waals surface area contributed by atoms with Gasteiger partial charge in [0.25, 0.3) is 0 Å². The quantitative estimate of drug-likeness (QED) is 0.512. The highest BCUT2D eigenvalue weighted by molar-refractivity contribution is 5.86. The van der Waals surface area contributed by atoms with Crippen LogP contribution in [0.5, 0.6) is 5.75 Å². The van der Waals surface area contributed by atoms with Crippen LogP contribution < -0.4 is 20.7 Å². The number of benzene rings is 1. The van der Waals surface area contributed by atoms with Crippen molar-refractivity contribution in [2.75, 3.05) is 20.1 Å². The first-order valence-electron chi connectivity index (χ1n) is 9.23. The number of para-hydroxylation sites is 1. The first-order valence-corrected chi connectivity index (χ1v) is 9.23. The Hall–Kier alpha value is -2.31. The minimum atomic E-state index is -0.388. The molecule has 6 nitrogen and oxygen atoms in total. The molecule has 1 aliphatic rings. The number of guanidine groups is 1. The van der Waals surface area contributed by atoms with E-state index >= 15 is 0 Å². The molecule has 1 fully saturated rings. The molecular weight excluding hydrogens is 335 g/mol. The highest BCUT2D eigenvalue weighted by Crippen LogP contribution is 2.17.